The Kier molecular flexibility index (Phi) is 3.36. The highest BCUT2D eigenvalue weighted by atomic mass is 79.9. The van der Waals surface area contributed by atoms with Crippen molar-refractivity contribution in [3.8, 4) is 5.75 Å². The average Bonchev–Trinajstić information content (AvgIpc) is 2.07. The molecular weight excluding hydrogens is 206 g/mol. The molecule has 0 aromatic carbocycles. The summed E-state index contributed by atoms with van der Waals surface area (Å²) < 4.78 is 4.97. The molecule has 0 unspecified atom stereocenters. The minimum Gasteiger partial charge on any atom is -0.495 e. The summed E-state index contributed by atoms with van der Waals surface area (Å²) in [4.78, 5) is 4.18. The van der Waals surface area contributed by atoms with Crippen LogP contribution in [0.25, 0.3) is 0 Å². The van der Waals surface area contributed by atoms with Gasteiger partial charge in [-0.1, -0.05) is 15.9 Å². The quantitative estimate of drug-likeness (QED) is 0.721. The fraction of sp³-hybridized carbons (Fsp3) is 0.375. The molecule has 0 saturated carbocycles. The van der Waals surface area contributed by atoms with Crippen molar-refractivity contribution in [2.24, 2.45) is 0 Å². The molecule has 0 fully saturated rings. The lowest BCUT2D eigenvalue weighted by Crippen LogP contribution is -1.91. The maximum atomic E-state index is 4.97. The molecule has 60 valence electrons. The van der Waals surface area contributed by atoms with E-state index in [9.17, 15) is 0 Å². The van der Waals surface area contributed by atoms with Gasteiger partial charge in [0.25, 0.3) is 0 Å². The van der Waals surface area contributed by atoms with E-state index in [1.165, 1.54) is 0 Å². The number of halogens is 1. The van der Waals surface area contributed by atoms with Crippen LogP contribution in [0.5, 0.6) is 5.75 Å². The van der Waals surface area contributed by atoms with E-state index in [-0.39, 0.29) is 0 Å². The third-order valence-corrected chi connectivity index (χ3v) is 1.78. The van der Waals surface area contributed by atoms with Gasteiger partial charge in [-0.25, -0.2) is 0 Å². The summed E-state index contributed by atoms with van der Waals surface area (Å²) in [6.45, 7) is 0. The Hall–Kier alpha value is -0.570. The van der Waals surface area contributed by atoms with Crippen molar-refractivity contribution in [1.29, 1.82) is 0 Å². The van der Waals surface area contributed by atoms with Crippen LogP contribution in [-0.2, 0) is 6.42 Å². The zero-order chi connectivity index (χ0) is 8.10. The standard InChI is InChI=1S/C8H10BrNO/c1-11-8-3-2-7(4-5-9)10-6-8/h2-3,6H,4-5H2,1H3. The number of nitrogens with zero attached hydrogens (tertiary/aromatic N) is 1. The summed E-state index contributed by atoms with van der Waals surface area (Å²) in [6.07, 6.45) is 2.70. The Bertz CT molecular complexity index is 210. The second-order valence-electron chi connectivity index (χ2n) is 2.13. The largest absolute Gasteiger partial charge is 0.495 e. The van der Waals surface area contributed by atoms with Gasteiger partial charge in [-0.2, -0.15) is 0 Å². The van der Waals surface area contributed by atoms with Crippen LogP contribution in [0.15, 0.2) is 18.3 Å². The van der Waals surface area contributed by atoms with Crippen molar-refractivity contribution < 1.29 is 4.74 Å². The number of methoxy groups -OCH3 is 1. The van der Waals surface area contributed by atoms with Crippen LogP contribution >= 0.6 is 15.9 Å². The molecule has 0 aliphatic rings. The first-order valence-corrected chi connectivity index (χ1v) is 4.54. The van der Waals surface area contributed by atoms with Gasteiger partial charge in [0.1, 0.15) is 5.75 Å². The summed E-state index contributed by atoms with van der Waals surface area (Å²) in [6, 6.07) is 3.89. The molecule has 2 nitrogen and oxygen atoms in total. The number of alkyl halides is 1. The first-order chi connectivity index (χ1) is 5.36. The molecule has 1 rings (SSSR count). The Labute approximate surface area is 74.7 Å². The Balaban J connectivity index is 2.66. The van der Waals surface area contributed by atoms with Crippen molar-refractivity contribution in [3.63, 3.8) is 0 Å². The van der Waals surface area contributed by atoms with Gasteiger partial charge in [-0.15, -0.1) is 0 Å². The van der Waals surface area contributed by atoms with Gasteiger partial charge in [-0.3, -0.25) is 4.98 Å². The van der Waals surface area contributed by atoms with Crippen LogP contribution < -0.4 is 4.74 Å². The van der Waals surface area contributed by atoms with Gasteiger partial charge in [-0.05, 0) is 18.6 Å². The van der Waals surface area contributed by atoms with Crippen LogP contribution in [0.3, 0.4) is 0 Å². The van der Waals surface area contributed by atoms with Gasteiger partial charge >= 0.3 is 0 Å². The number of hydrogen-bond acceptors (Lipinski definition) is 2. The predicted molar refractivity (Wildman–Crippen MR) is 48.3 cm³/mol. The zero-order valence-corrected chi connectivity index (χ0v) is 7.97. The highest BCUT2D eigenvalue weighted by molar-refractivity contribution is 9.09. The minimum absolute atomic E-state index is 0.809. The van der Waals surface area contributed by atoms with Gasteiger partial charge in [0.05, 0.1) is 13.3 Å². The molecule has 1 heterocycles. The van der Waals surface area contributed by atoms with E-state index >= 15 is 0 Å². The summed E-state index contributed by atoms with van der Waals surface area (Å²) >= 11 is 3.35. The van der Waals surface area contributed by atoms with Gasteiger partial charge < -0.3 is 4.74 Å². The van der Waals surface area contributed by atoms with Gasteiger partial charge in [0.2, 0.25) is 0 Å². The molecule has 0 aliphatic carbocycles. The molecule has 0 saturated heterocycles. The van der Waals surface area contributed by atoms with E-state index < -0.39 is 0 Å². The first-order valence-electron chi connectivity index (χ1n) is 3.41. The summed E-state index contributed by atoms with van der Waals surface area (Å²) in [5.74, 6) is 0.809. The van der Waals surface area contributed by atoms with Crippen molar-refractivity contribution in [2.45, 2.75) is 6.42 Å². The molecule has 1 aromatic rings. The van der Waals surface area contributed by atoms with E-state index in [2.05, 4.69) is 20.9 Å². The minimum atomic E-state index is 0.809. The van der Waals surface area contributed by atoms with Gasteiger partial charge in [0.15, 0.2) is 0 Å². The number of aromatic nitrogens is 1. The maximum Gasteiger partial charge on any atom is 0.137 e. The summed E-state index contributed by atoms with van der Waals surface area (Å²) in [5.41, 5.74) is 1.09. The zero-order valence-electron chi connectivity index (χ0n) is 6.38. The fourth-order valence-electron chi connectivity index (χ4n) is 0.776. The van der Waals surface area contributed by atoms with E-state index in [1.54, 1.807) is 13.3 Å². The SMILES string of the molecule is COc1ccc(CCBr)nc1. The maximum absolute atomic E-state index is 4.97. The molecule has 0 atom stereocenters. The molecule has 0 bridgehead atoms. The second-order valence-corrected chi connectivity index (χ2v) is 2.92. The molecule has 0 N–H and O–H groups in total. The number of aryl methyl sites for hydroxylation is 1. The third kappa shape index (κ3) is 2.50. The lowest BCUT2D eigenvalue weighted by Gasteiger charge is -1.99. The first kappa shape index (κ1) is 8.53. The highest BCUT2D eigenvalue weighted by Crippen LogP contribution is 2.08. The molecule has 1 aromatic heterocycles. The van der Waals surface area contributed by atoms with E-state index in [4.69, 9.17) is 4.74 Å². The summed E-state index contributed by atoms with van der Waals surface area (Å²) in [5, 5.41) is 0.951. The summed E-state index contributed by atoms with van der Waals surface area (Å²) in [7, 11) is 1.64. The lowest BCUT2D eigenvalue weighted by atomic mass is 10.3. The van der Waals surface area contributed by atoms with Crippen molar-refractivity contribution in [3.05, 3.63) is 24.0 Å². The molecule has 0 amide bonds. The number of hydrogen-bond donors (Lipinski definition) is 0. The topological polar surface area (TPSA) is 22.1 Å². The smallest absolute Gasteiger partial charge is 0.137 e. The van der Waals surface area contributed by atoms with Crippen LogP contribution in [0.2, 0.25) is 0 Å². The fourth-order valence-corrected chi connectivity index (χ4v) is 1.18. The Morgan fingerprint density at radius 1 is 1.55 bits per heavy atom. The number of ether oxygens (including phenoxy) is 1. The van der Waals surface area contributed by atoms with E-state index in [0.29, 0.717) is 0 Å². The molecule has 11 heavy (non-hydrogen) atoms. The van der Waals surface area contributed by atoms with Crippen LogP contribution in [0.4, 0.5) is 0 Å². The molecule has 0 radical (unpaired) electrons. The van der Waals surface area contributed by atoms with Crippen molar-refractivity contribution in [1.82, 2.24) is 4.98 Å². The molecule has 0 spiro atoms. The van der Waals surface area contributed by atoms with Crippen LogP contribution in [0, 0.1) is 0 Å². The average molecular weight is 216 g/mol. The van der Waals surface area contributed by atoms with Crippen molar-refractivity contribution in [2.75, 3.05) is 12.4 Å². The van der Waals surface area contributed by atoms with Crippen LogP contribution in [0.1, 0.15) is 5.69 Å². The monoisotopic (exact) mass is 215 g/mol. The van der Waals surface area contributed by atoms with E-state index in [0.717, 1.165) is 23.2 Å². The Morgan fingerprint density at radius 3 is 2.82 bits per heavy atom. The number of rotatable bonds is 3. The lowest BCUT2D eigenvalue weighted by molar-refractivity contribution is 0.412. The van der Waals surface area contributed by atoms with Crippen LogP contribution in [-0.4, -0.2) is 17.4 Å². The molecular formula is C8H10BrNO. The highest BCUT2D eigenvalue weighted by Gasteiger charge is 1.93. The number of pyridine rings is 1. The Morgan fingerprint density at radius 2 is 2.36 bits per heavy atom. The third-order valence-electron chi connectivity index (χ3n) is 1.38. The predicted octanol–water partition coefficient (Wildman–Crippen LogP) is 2.03. The second kappa shape index (κ2) is 4.34. The van der Waals surface area contributed by atoms with Gasteiger partial charge in [0, 0.05) is 11.0 Å². The molecule has 3 heteroatoms. The normalized spacial score (nSPS) is 9.64. The molecule has 0 aliphatic heterocycles. The van der Waals surface area contributed by atoms with Crippen molar-refractivity contribution >= 4 is 15.9 Å². The van der Waals surface area contributed by atoms with E-state index in [1.807, 2.05) is 12.1 Å².